The van der Waals surface area contributed by atoms with Crippen LogP contribution >= 0.6 is 0 Å². The molecule has 2 saturated heterocycles. The summed E-state index contributed by atoms with van der Waals surface area (Å²) >= 11 is 0. The van der Waals surface area contributed by atoms with Gasteiger partial charge in [0.2, 0.25) is 5.91 Å². The molecule has 2 aliphatic heterocycles. The highest BCUT2D eigenvalue weighted by Gasteiger charge is 2.37. The van der Waals surface area contributed by atoms with Crippen LogP contribution in [0.5, 0.6) is 0 Å². The zero-order chi connectivity index (χ0) is 12.5. The summed E-state index contributed by atoms with van der Waals surface area (Å²) in [6.45, 7) is 3.81. The third-order valence-electron chi connectivity index (χ3n) is 4.01. The number of hydrogen-bond donors (Lipinski definition) is 1. The van der Waals surface area contributed by atoms with Crippen LogP contribution in [-0.2, 0) is 11.2 Å². The van der Waals surface area contributed by atoms with Crippen LogP contribution in [0.3, 0.4) is 0 Å². The SMILES string of the molecule is O=C(Cc1ccc(F)cc1)N1C[C@H]2CNC[C@H]2C1. The average Bonchev–Trinajstić information content (AvgIpc) is 2.92. The predicted octanol–water partition coefficient (Wildman–Crippen LogP) is 1.05. The molecule has 0 spiro atoms. The van der Waals surface area contributed by atoms with Crippen LogP contribution in [0, 0.1) is 17.7 Å². The monoisotopic (exact) mass is 248 g/mol. The Bertz CT molecular complexity index is 434. The molecule has 0 aliphatic carbocycles. The van der Waals surface area contributed by atoms with E-state index in [-0.39, 0.29) is 11.7 Å². The maximum Gasteiger partial charge on any atom is 0.227 e. The molecule has 18 heavy (non-hydrogen) atoms. The number of amides is 1. The zero-order valence-corrected chi connectivity index (χ0v) is 10.2. The van der Waals surface area contributed by atoms with Crippen LogP contribution < -0.4 is 5.32 Å². The topological polar surface area (TPSA) is 32.3 Å². The fourth-order valence-corrected chi connectivity index (χ4v) is 2.95. The standard InChI is InChI=1S/C14H17FN2O/c15-13-3-1-10(2-4-13)5-14(18)17-8-11-6-16-7-12(11)9-17/h1-4,11-12,16H,5-9H2/t11-,12+. The number of rotatable bonds is 2. The van der Waals surface area contributed by atoms with Crippen LogP contribution in [0.25, 0.3) is 0 Å². The molecule has 0 saturated carbocycles. The first kappa shape index (κ1) is 11.7. The maximum atomic E-state index is 12.8. The van der Waals surface area contributed by atoms with Crippen molar-refractivity contribution in [3.8, 4) is 0 Å². The second-order valence-electron chi connectivity index (χ2n) is 5.28. The lowest BCUT2D eigenvalue weighted by Crippen LogP contribution is -2.32. The van der Waals surface area contributed by atoms with E-state index in [4.69, 9.17) is 0 Å². The average molecular weight is 248 g/mol. The summed E-state index contributed by atoms with van der Waals surface area (Å²) in [5, 5.41) is 3.36. The van der Waals surface area contributed by atoms with E-state index in [9.17, 15) is 9.18 Å². The summed E-state index contributed by atoms with van der Waals surface area (Å²) in [6.07, 6.45) is 0.382. The van der Waals surface area contributed by atoms with Gasteiger partial charge < -0.3 is 10.2 Å². The Hall–Kier alpha value is -1.42. The largest absolute Gasteiger partial charge is 0.342 e. The van der Waals surface area contributed by atoms with Gasteiger partial charge in [-0.2, -0.15) is 0 Å². The van der Waals surface area contributed by atoms with E-state index in [0.717, 1.165) is 31.7 Å². The lowest BCUT2D eigenvalue weighted by atomic mass is 10.0. The summed E-state index contributed by atoms with van der Waals surface area (Å²) in [7, 11) is 0. The molecule has 96 valence electrons. The van der Waals surface area contributed by atoms with Gasteiger partial charge in [-0.15, -0.1) is 0 Å². The van der Waals surface area contributed by atoms with Crippen molar-refractivity contribution in [2.75, 3.05) is 26.2 Å². The van der Waals surface area contributed by atoms with Gasteiger partial charge in [-0.25, -0.2) is 4.39 Å². The van der Waals surface area contributed by atoms with Crippen LogP contribution in [0.4, 0.5) is 4.39 Å². The fraction of sp³-hybridized carbons (Fsp3) is 0.500. The minimum absolute atomic E-state index is 0.163. The summed E-state index contributed by atoms with van der Waals surface area (Å²) in [4.78, 5) is 14.1. The van der Waals surface area contributed by atoms with E-state index >= 15 is 0 Å². The molecule has 2 aliphatic rings. The minimum atomic E-state index is -0.257. The molecular weight excluding hydrogens is 231 g/mol. The van der Waals surface area contributed by atoms with Crippen LogP contribution in [-0.4, -0.2) is 37.0 Å². The number of likely N-dealkylation sites (tertiary alicyclic amines) is 1. The Morgan fingerprint density at radius 3 is 2.44 bits per heavy atom. The normalized spacial score (nSPS) is 26.4. The van der Waals surface area contributed by atoms with Crippen molar-refractivity contribution >= 4 is 5.91 Å². The van der Waals surface area contributed by atoms with E-state index in [0.29, 0.717) is 18.3 Å². The van der Waals surface area contributed by atoms with Gasteiger partial charge in [0, 0.05) is 26.2 Å². The summed E-state index contributed by atoms with van der Waals surface area (Å²) in [6, 6.07) is 6.19. The van der Waals surface area contributed by atoms with Gasteiger partial charge in [-0.1, -0.05) is 12.1 Å². The molecule has 0 radical (unpaired) electrons. The smallest absolute Gasteiger partial charge is 0.227 e. The minimum Gasteiger partial charge on any atom is -0.342 e. The van der Waals surface area contributed by atoms with E-state index in [2.05, 4.69) is 5.32 Å². The summed E-state index contributed by atoms with van der Waals surface area (Å²) in [5.41, 5.74) is 0.886. The number of carbonyl (C=O) groups is 1. The molecule has 2 heterocycles. The third kappa shape index (κ3) is 2.25. The molecule has 1 aromatic carbocycles. The van der Waals surface area contributed by atoms with E-state index in [1.807, 2.05) is 4.90 Å². The lowest BCUT2D eigenvalue weighted by molar-refractivity contribution is -0.129. The number of fused-ring (bicyclic) bond motifs is 1. The molecular formula is C14H17FN2O. The van der Waals surface area contributed by atoms with Gasteiger partial charge in [-0.05, 0) is 29.5 Å². The molecule has 3 nitrogen and oxygen atoms in total. The Morgan fingerprint density at radius 1 is 1.22 bits per heavy atom. The highest BCUT2D eigenvalue weighted by molar-refractivity contribution is 5.79. The number of halogens is 1. The Labute approximate surface area is 106 Å². The molecule has 3 rings (SSSR count). The molecule has 1 N–H and O–H groups in total. The Balaban J connectivity index is 1.60. The van der Waals surface area contributed by atoms with Gasteiger partial charge >= 0.3 is 0 Å². The molecule has 0 unspecified atom stereocenters. The van der Waals surface area contributed by atoms with Crippen molar-refractivity contribution in [3.05, 3.63) is 35.6 Å². The van der Waals surface area contributed by atoms with Crippen molar-refractivity contribution in [1.29, 1.82) is 0 Å². The van der Waals surface area contributed by atoms with Crippen LogP contribution in [0.15, 0.2) is 24.3 Å². The molecule has 0 bridgehead atoms. The summed E-state index contributed by atoms with van der Waals surface area (Å²) in [5.74, 6) is 1.16. The number of nitrogens with one attached hydrogen (secondary N) is 1. The number of hydrogen-bond acceptors (Lipinski definition) is 2. The van der Waals surface area contributed by atoms with Crippen molar-refractivity contribution in [1.82, 2.24) is 10.2 Å². The first-order valence-electron chi connectivity index (χ1n) is 6.45. The van der Waals surface area contributed by atoms with Gasteiger partial charge in [0.1, 0.15) is 5.82 Å². The first-order valence-corrected chi connectivity index (χ1v) is 6.45. The number of benzene rings is 1. The van der Waals surface area contributed by atoms with Gasteiger partial charge in [0.05, 0.1) is 6.42 Å². The lowest BCUT2D eigenvalue weighted by Gasteiger charge is -2.17. The predicted molar refractivity (Wildman–Crippen MR) is 66.5 cm³/mol. The number of carbonyl (C=O) groups excluding carboxylic acids is 1. The van der Waals surface area contributed by atoms with E-state index < -0.39 is 0 Å². The molecule has 2 atom stereocenters. The molecule has 4 heteroatoms. The van der Waals surface area contributed by atoms with Crippen molar-refractivity contribution < 1.29 is 9.18 Å². The van der Waals surface area contributed by atoms with Crippen LogP contribution in [0.2, 0.25) is 0 Å². The van der Waals surface area contributed by atoms with Crippen LogP contribution in [0.1, 0.15) is 5.56 Å². The third-order valence-corrected chi connectivity index (χ3v) is 4.01. The maximum absolute atomic E-state index is 12.8. The van der Waals surface area contributed by atoms with E-state index in [1.165, 1.54) is 12.1 Å². The highest BCUT2D eigenvalue weighted by Crippen LogP contribution is 2.26. The fourth-order valence-electron chi connectivity index (χ4n) is 2.95. The molecule has 1 amide bonds. The van der Waals surface area contributed by atoms with Crippen molar-refractivity contribution in [2.45, 2.75) is 6.42 Å². The van der Waals surface area contributed by atoms with Gasteiger partial charge in [0.15, 0.2) is 0 Å². The summed E-state index contributed by atoms with van der Waals surface area (Å²) < 4.78 is 12.8. The van der Waals surface area contributed by atoms with Crippen molar-refractivity contribution in [2.24, 2.45) is 11.8 Å². The quantitative estimate of drug-likeness (QED) is 0.848. The first-order chi connectivity index (χ1) is 8.72. The van der Waals surface area contributed by atoms with Gasteiger partial charge in [0.25, 0.3) is 0 Å². The van der Waals surface area contributed by atoms with Crippen molar-refractivity contribution in [3.63, 3.8) is 0 Å². The molecule has 1 aromatic rings. The van der Waals surface area contributed by atoms with Gasteiger partial charge in [-0.3, -0.25) is 4.79 Å². The second kappa shape index (κ2) is 4.69. The second-order valence-corrected chi connectivity index (χ2v) is 5.28. The molecule has 0 aromatic heterocycles. The Kier molecular flexibility index (Phi) is 3.04. The van der Waals surface area contributed by atoms with E-state index in [1.54, 1.807) is 12.1 Å². The Morgan fingerprint density at radius 2 is 1.83 bits per heavy atom. The highest BCUT2D eigenvalue weighted by atomic mass is 19.1. The number of nitrogens with zero attached hydrogens (tertiary/aromatic N) is 1. The zero-order valence-electron chi connectivity index (χ0n) is 10.2. The molecule has 2 fully saturated rings.